The quantitative estimate of drug-likeness (QED) is 0.818. The summed E-state index contributed by atoms with van der Waals surface area (Å²) < 4.78 is 0. The van der Waals surface area contributed by atoms with Gasteiger partial charge < -0.3 is 11.1 Å². The summed E-state index contributed by atoms with van der Waals surface area (Å²) >= 11 is 11.9. The van der Waals surface area contributed by atoms with E-state index in [1.54, 1.807) is 24.3 Å². The summed E-state index contributed by atoms with van der Waals surface area (Å²) in [6.45, 7) is 1.92. The number of anilines is 2. The van der Waals surface area contributed by atoms with Gasteiger partial charge in [0, 0.05) is 5.56 Å². The van der Waals surface area contributed by atoms with Gasteiger partial charge in [-0.2, -0.15) is 0 Å². The second-order valence-corrected chi connectivity index (χ2v) is 4.99. The van der Waals surface area contributed by atoms with E-state index < -0.39 is 0 Å². The van der Waals surface area contributed by atoms with Crippen LogP contribution in [0.25, 0.3) is 0 Å². The van der Waals surface area contributed by atoms with Crippen LogP contribution in [0.3, 0.4) is 0 Å². The molecule has 0 aliphatic heterocycles. The first-order valence-electron chi connectivity index (χ1n) is 5.60. The van der Waals surface area contributed by atoms with E-state index in [9.17, 15) is 4.79 Å². The Morgan fingerprint density at radius 1 is 1.11 bits per heavy atom. The molecular formula is C14H12Cl2N2O. The lowest BCUT2D eigenvalue weighted by molar-refractivity contribution is 0.102. The highest BCUT2D eigenvalue weighted by Gasteiger charge is 2.10. The van der Waals surface area contributed by atoms with E-state index in [4.69, 9.17) is 28.9 Å². The molecule has 0 aromatic heterocycles. The number of nitrogens with one attached hydrogen (secondary N) is 1. The molecule has 0 saturated carbocycles. The van der Waals surface area contributed by atoms with Crippen LogP contribution in [-0.2, 0) is 0 Å². The standard InChI is InChI=1S/C14H12Cl2N2O/c1-8-2-4-10(15)13(6-8)18-14(19)9-3-5-12(17)11(16)7-9/h2-7H,17H2,1H3,(H,18,19). The van der Waals surface area contributed by atoms with Crippen LogP contribution in [0.15, 0.2) is 36.4 Å². The molecule has 3 N–H and O–H groups in total. The fourth-order valence-corrected chi connectivity index (χ4v) is 1.94. The molecule has 3 nitrogen and oxygen atoms in total. The number of halogens is 2. The SMILES string of the molecule is Cc1ccc(Cl)c(NC(=O)c2ccc(N)c(Cl)c2)c1. The second kappa shape index (κ2) is 5.51. The average molecular weight is 295 g/mol. The van der Waals surface area contributed by atoms with Gasteiger partial charge in [-0.3, -0.25) is 4.79 Å². The largest absolute Gasteiger partial charge is 0.398 e. The van der Waals surface area contributed by atoms with Gasteiger partial charge in [0.1, 0.15) is 0 Å². The highest BCUT2D eigenvalue weighted by Crippen LogP contribution is 2.24. The molecular weight excluding hydrogens is 283 g/mol. The van der Waals surface area contributed by atoms with Crippen molar-refractivity contribution in [2.45, 2.75) is 6.92 Å². The summed E-state index contributed by atoms with van der Waals surface area (Å²) in [6, 6.07) is 10.1. The van der Waals surface area contributed by atoms with E-state index in [-0.39, 0.29) is 5.91 Å². The minimum atomic E-state index is -0.283. The van der Waals surface area contributed by atoms with E-state index in [1.165, 1.54) is 6.07 Å². The predicted octanol–water partition coefficient (Wildman–Crippen LogP) is 4.14. The van der Waals surface area contributed by atoms with Crippen LogP contribution in [0.5, 0.6) is 0 Å². The maximum Gasteiger partial charge on any atom is 0.255 e. The molecule has 98 valence electrons. The van der Waals surface area contributed by atoms with E-state index in [1.807, 2.05) is 13.0 Å². The van der Waals surface area contributed by atoms with Gasteiger partial charge in [0.25, 0.3) is 5.91 Å². The normalized spacial score (nSPS) is 10.3. The third-order valence-electron chi connectivity index (χ3n) is 2.63. The Balaban J connectivity index is 2.25. The molecule has 19 heavy (non-hydrogen) atoms. The molecule has 0 spiro atoms. The van der Waals surface area contributed by atoms with Crippen LogP contribution in [0.2, 0.25) is 10.0 Å². The van der Waals surface area contributed by atoms with E-state index in [0.717, 1.165) is 5.56 Å². The number of nitrogen functional groups attached to an aromatic ring is 1. The Kier molecular flexibility index (Phi) is 3.98. The smallest absolute Gasteiger partial charge is 0.255 e. The molecule has 0 unspecified atom stereocenters. The minimum Gasteiger partial charge on any atom is -0.398 e. The van der Waals surface area contributed by atoms with Gasteiger partial charge >= 0.3 is 0 Å². The summed E-state index contributed by atoms with van der Waals surface area (Å²) in [5.41, 5.74) is 8.04. The van der Waals surface area contributed by atoms with Gasteiger partial charge in [0.15, 0.2) is 0 Å². The summed E-state index contributed by atoms with van der Waals surface area (Å²) in [4.78, 5) is 12.1. The number of hydrogen-bond donors (Lipinski definition) is 2. The molecule has 0 aliphatic carbocycles. The van der Waals surface area contributed by atoms with Crippen molar-refractivity contribution in [3.63, 3.8) is 0 Å². The Hall–Kier alpha value is -1.71. The van der Waals surface area contributed by atoms with Crippen molar-refractivity contribution in [1.29, 1.82) is 0 Å². The fraction of sp³-hybridized carbons (Fsp3) is 0.0714. The molecule has 0 bridgehead atoms. The van der Waals surface area contributed by atoms with Crippen LogP contribution in [0.1, 0.15) is 15.9 Å². The molecule has 2 aromatic rings. The topological polar surface area (TPSA) is 55.1 Å². The van der Waals surface area contributed by atoms with Crippen LogP contribution in [-0.4, -0.2) is 5.91 Å². The van der Waals surface area contributed by atoms with Crippen molar-refractivity contribution in [3.8, 4) is 0 Å². The van der Waals surface area contributed by atoms with Gasteiger partial charge in [0.2, 0.25) is 0 Å². The molecule has 1 amide bonds. The molecule has 0 fully saturated rings. The molecule has 0 saturated heterocycles. The van der Waals surface area contributed by atoms with E-state index in [0.29, 0.717) is 27.0 Å². The van der Waals surface area contributed by atoms with Crippen molar-refractivity contribution >= 4 is 40.5 Å². The van der Waals surface area contributed by atoms with Crippen molar-refractivity contribution in [3.05, 3.63) is 57.6 Å². The Morgan fingerprint density at radius 2 is 1.84 bits per heavy atom. The lowest BCUT2D eigenvalue weighted by Gasteiger charge is -2.09. The van der Waals surface area contributed by atoms with Gasteiger partial charge in [-0.15, -0.1) is 0 Å². The number of aryl methyl sites for hydroxylation is 1. The second-order valence-electron chi connectivity index (χ2n) is 4.17. The third-order valence-corrected chi connectivity index (χ3v) is 3.29. The zero-order chi connectivity index (χ0) is 14.0. The van der Waals surface area contributed by atoms with Crippen molar-refractivity contribution in [1.82, 2.24) is 0 Å². The van der Waals surface area contributed by atoms with Gasteiger partial charge in [-0.25, -0.2) is 0 Å². The maximum absolute atomic E-state index is 12.1. The Labute approximate surface area is 121 Å². The van der Waals surface area contributed by atoms with Crippen molar-refractivity contribution in [2.24, 2.45) is 0 Å². The molecule has 0 heterocycles. The van der Waals surface area contributed by atoms with Gasteiger partial charge in [-0.05, 0) is 42.8 Å². The molecule has 0 radical (unpaired) electrons. The molecule has 0 aliphatic rings. The highest BCUT2D eigenvalue weighted by atomic mass is 35.5. The van der Waals surface area contributed by atoms with Crippen LogP contribution >= 0.6 is 23.2 Å². The molecule has 2 aromatic carbocycles. The minimum absolute atomic E-state index is 0.283. The third kappa shape index (κ3) is 3.19. The first kappa shape index (κ1) is 13.7. The fourth-order valence-electron chi connectivity index (χ4n) is 1.60. The Bertz CT molecular complexity index is 641. The molecule has 0 atom stereocenters. The van der Waals surface area contributed by atoms with E-state index >= 15 is 0 Å². The lowest BCUT2D eigenvalue weighted by Crippen LogP contribution is -2.12. The van der Waals surface area contributed by atoms with Gasteiger partial charge in [0.05, 0.1) is 21.4 Å². The number of rotatable bonds is 2. The number of hydrogen-bond acceptors (Lipinski definition) is 2. The molecule has 2 rings (SSSR count). The monoisotopic (exact) mass is 294 g/mol. The van der Waals surface area contributed by atoms with Crippen LogP contribution in [0.4, 0.5) is 11.4 Å². The number of benzene rings is 2. The van der Waals surface area contributed by atoms with E-state index in [2.05, 4.69) is 5.32 Å². The van der Waals surface area contributed by atoms with Crippen molar-refractivity contribution < 1.29 is 4.79 Å². The number of nitrogens with two attached hydrogens (primary N) is 1. The zero-order valence-electron chi connectivity index (χ0n) is 10.2. The summed E-state index contributed by atoms with van der Waals surface area (Å²) in [5, 5.41) is 3.58. The maximum atomic E-state index is 12.1. The number of carbonyl (C=O) groups excluding carboxylic acids is 1. The lowest BCUT2D eigenvalue weighted by atomic mass is 10.1. The molecule has 5 heteroatoms. The Morgan fingerprint density at radius 3 is 2.53 bits per heavy atom. The first-order valence-corrected chi connectivity index (χ1v) is 6.35. The summed E-state index contributed by atoms with van der Waals surface area (Å²) in [7, 11) is 0. The van der Waals surface area contributed by atoms with Gasteiger partial charge in [-0.1, -0.05) is 29.3 Å². The predicted molar refractivity (Wildman–Crippen MR) is 80.0 cm³/mol. The summed E-state index contributed by atoms with van der Waals surface area (Å²) in [5.74, 6) is -0.283. The average Bonchev–Trinajstić information content (AvgIpc) is 2.37. The number of carbonyl (C=O) groups is 1. The first-order chi connectivity index (χ1) is 8.97. The highest BCUT2D eigenvalue weighted by molar-refractivity contribution is 6.34. The zero-order valence-corrected chi connectivity index (χ0v) is 11.7. The van der Waals surface area contributed by atoms with Crippen molar-refractivity contribution in [2.75, 3.05) is 11.1 Å². The van der Waals surface area contributed by atoms with Crippen LogP contribution in [0, 0.1) is 6.92 Å². The summed E-state index contributed by atoms with van der Waals surface area (Å²) in [6.07, 6.45) is 0. The van der Waals surface area contributed by atoms with Crippen LogP contribution < -0.4 is 11.1 Å². The number of amides is 1.